The number of allylic oxidation sites excluding steroid dienone is 1. The molecule has 1 aliphatic rings. The fraction of sp³-hybridized carbons (Fsp3) is 0.310. The van der Waals surface area contributed by atoms with E-state index in [0.717, 1.165) is 42.6 Å². The second-order valence-corrected chi connectivity index (χ2v) is 8.87. The van der Waals surface area contributed by atoms with Crippen LogP contribution in [0.4, 0.5) is 0 Å². The van der Waals surface area contributed by atoms with E-state index in [4.69, 9.17) is 4.74 Å². The summed E-state index contributed by atoms with van der Waals surface area (Å²) in [5, 5.41) is 0. The summed E-state index contributed by atoms with van der Waals surface area (Å²) in [6, 6.07) is 19.5. The van der Waals surface area contributed by atoms with Crippen molar-refractivity contribution in [3.63, 3.8) is 0 Å². The normalized spacial score (nSPS) is 14.6. The minimum atomic E-state index is -0.435. The molecular formula is C29H32N2O3. The number of aromatic nitrogens is 1. The number of carbonyl (C=O) groups excluding carboxylic acids is 2. The highest BCUT2D eigenvalue weighted by Crippen LogP contribution is 2.15. The molecule has 0 N–H and O–H groups in total. The van der Waals surface area contributed by atoms with Crippen LogP contribution in [0.5, 0.6) is 0 Å². The predicted molar refractivity (Wildman–Crippen MR) is 135 cm³/mol. The minimum Gasteiger partial charge on any atom is -0.364 e. The summed E-state index contributed by atoms with van der Waals surface area (Å²) in [6.07, 6.45) is 7.74. The third-order valence-electron chi connectivity index (χ3n) is 6.20. The lowest BCUT2D eigenvalue weighted by molar-refractivity contribution is -0.142. The van der Waals surface area contributed by atoms with Gasteiger partial charge in [-0.3, -0.25) is 9.59 Å². The first-order chi connectivity index (χ1) is 16.5. The third kappa shape index (κ3) is 5.91. The van der Waals surface area contributed by atoms with Crippen molar-refractivity contribution in [3.05, 3.63) is 101 Å². The lowest BCUT2D eigenvalue weighted by atomic mass is 10.1. The van der Waals surface area contributed by atoms with Crippen LogP contribution in [0.2, 0.25) is 0 Å². The third-order valence-corrected chi connectivity index (χ3v) is 6.20. The van der Waals surface area contributed by atoms with Gasteiger partial charge in [-0.2, -0.15) is 0 Å². The minimum absolute atomic E-state index is 0.0233. The first kappa shape index (κ1) is 23.7. The van der Waals surface area contributed by atoms with Crippen molar-refractivity contribution in [2.75, 3.05) is 13.1 Å². The first-order valence-electron chi connectivity index (χ1n) is 11.9. The molecule has 1 aliphatic heterocycles. The summed E-state index contributed by atoms with van der Waals surface area (Å²) >= 11 is 0. The van der Waals surface area contributed by atoms with E-state index in [1.807, 2.05) is 96.3 Å². The van der Waals surface area contributed by atoms with E-state index in [1.165, 1.54) is 0 Å². The fourth-order valence-electron chi connectivity index (χ4n) is 4.21. The Labute approximate surface area is 201 Å². The number of benzene rings is 2. The maximum Gasteiger partial charge on any atom is 0.251 e. The molecule has 2 heterocycles. The van der Waals surface area contributed by atoms with E-state index in [2.05, 4.69) is 6.07 Å². The Hall–Kier alpha value is -3.44. The van der Waals surface area contributed by atoms with Crippen LogP contribution in [0, 0.1) is 6.92 Å². The van der Waals surface area contributed by atoms with E-state index in [1.54, 1.807) is 0 Å². The summed E-state index contributed by atoms with van der Waals surface area (Å²) in [5.41, 5.74) is 4.58. The molecule has 5 heteroatoms. The van der Waals surface area contributed by atoms with E-state index in [0.29, 0.717) is 24.4 Å². The number of rotatable bonds is 9. The summed E-state index contributed by atoms with van der Waals surface area (Å²) < 4.78 is 7.81. The van der Waals surface area contributed by atoms with Gasteiger partial charge in [0.2, 0.25) is 5.78 Å². The number of likely N-dealkylation sites (tertiary alicyclic amines) is 1. The largest absolute Gasteiger partial charge is 0.364 e. The molecule has 1 amide bonds. The molecule has 0 saturated carbocycles. The summed E-state index contributed by atoms with van der Waals surface area (Å²) in [4.78, 5) is 27.2. The van der Waals surface area contributed by atoms with E-state index in [9.17, 15) is 9.59 Å². The number of carbonyl (C=O) groups is 2. The van der Waals surface area contributed by atoms with Gasteiger partial charge >= 0.3 is 0 Å². The Morgan fingerprint density at radius 1 is 1.03 bits per heavy atom. The van der Waals surface area contributed by atoms with Crippen LogP contribution in [0.15, 0.2) is 72.9 Å². The molecule has 0 spiro atoms. The Kier molecular flexibility index (Phi) is 7.76. The molecule has 1 fully saturated rings. The maximum absolute atomic E-state index is 12.9. The van der Waals surface area contributed by atoms with Gasteiger partial charge in [0.15, 0.2) is 0 Å². The van der Waals surface area contributed by atoms with Crippen LogP contribution < -0.4 is 0 Å². The molecule has 1 saturated heterocycles. The van der Waals surface area contributed by atoms with Crippen LogP contribution in [0.1, 0.15) is 52.5 Å². The monoisotopic (exact) mass is 456 g/mol. The fourth-order valence-corrected chi connectivity index (χ4v) is 4.21. The van der Waals surface area contributed by atoms with Crippen LogP contribution in [0.25, 0.3) is 6.08 Å². The second kappa shape index (κ2) is 11.1. The lowest BCUT2D eigenvalue weighted by Crippen LogP contribution is -2.36. The van der Waals surface area contributed by atoms with Gasteiger partial charge in [0.1, 0.15) is 6.10 Å². The van der Waals surface area contributed by atoms with Crippen molar-refractivity contribution in [2.24, 2.45) is 0 Å². The van der Waals surface area contributed by atoms with Crippen molar-refractivity contribution in [1.82, 2.24) is 9.47 Å². The molecule has 4 rings (SSSR count). The van der Waals surface area contributed by atoms with E-state index in [-0.39, 0.29) is 11.7 Å². The Balaban J connectivity index is 1.34. The number of ether oxygens (including phenoxy) is 1. The number of nitrogens with zero attached hydrogens (tertiary/aromatic N) is 2. The summed E-state index contributed by atoms with van der Waals surface area (Å²) in [5.74, 6) is 0.103. The molecule has 0 bridgehead atoms. The highest BCUT2D eigenvalue weighted by atomic mass is 16.5. The van der Waals surface area contributed by atoms with Crippen molar-refractivity contribution in [3.8, 4) is 0 Å². The zero-order valence-electron chi connectivity index (χ0n) is 19.9. The van der Waals surface area contributed by atoms with Crippen molar-refractivity contribution >= 4 is 17.8 Å². The number of amides is 1. The van der Waals surface area contributed by atoms with Gasteiger partial charge in [0.05, 0.1) is 12.3 Å². The van der Waals surface area contributed by atoms with Crippen LogP contribution in [0.3, 0.4) is 0 Å². The first-order valence-corrected chi connectivity index (χ1v) is 11.9. The van der Waals surface area contributed by atoms with E-state index < -0.39 is 6.10 Å². The van der Waals surface area contributed by atoms with Crippen molar-refractivity contribution < 1.29 is 14.3 Å². The van der Waals surface area contributed by atoms with Crippen LogP contribution >= 0.6 is 0 Å². The molecule has 1 atom stereocenters. The number of aryl methyl sites for hydroxylation is 1. The predicted octanol–water partition coefficient (Wildman–Crippen LogP) is 5.27. The van der Waals surface area contributed by atoms with Crippen molar-refractivity contribution in [1.29, 1.82) is 0 Å². The van der Waals surface area contributed by atoms with Gasteiger partial charge in [-0.05, 0) is 56.0 Å². The second-order valence-electron chi connectivity index (χ2n) is 8.87. The Bertz CT molecular complexity index is 1150. The van der Waals surface area contributed by atoms with Crippen LogP contribution in [-0.2, 0) is 22.7 Å². The average molecular weight is 457 g/mol. The SMILES string of the molecule is Cc1ccc(C(=O)c2cccn2C/C=C/c2cccc(CO[C@H](C)C(=O)N3CCCC3)c2)cc1. The number of ketones is 1. The molecule has 176 valence electrons. The Morgan fingerprint density at radius 2 is 1.79 bits per heavy atom. The molecule has 3 aromatic rings. The molecule has 5 nitrogen and oxygen atoms in total. The van der Waals surface area contributed by atoms with Gasteiger partial charge in [0, 0.05) is 31.4 Å². The maximum atomic E-state index is 12.9. The molecule has 1 aromatic heterocycles. The Morgan fingerprint density at radius 3 is 2.56 bits per heavy atom. The standard InChI is InChI=1S/C29H32N2O3/c1-22-12-14-26(15-13-22)28(32)27-11-7-19-30(27)18-6-10-24-8-5-9-25(20-24)21-34-23(2)29(33)31-16-3-4-17-31/h5-15,19-20,23H,3-4,16-18,21H2,1-2H3/b10-6+/t23-/m1/s1. The zero-order valence-corrected chi connectivity index (χ0v) is 19.9. The zero-order chi connectivity index (χ0) is 23.9. The van der Waals surface area contributed by atoms with Gasteiger partial charge in [-0.25, -0.2) is 0 Å². The molecule has 0 aliphatic carbocycles. The van der Waals surface area contributed by atoms with E-state index >= 15 is 0 Å². The summed E-state index contributed by atoms with van der Waals surface area (Å²) in [6.45, 7) is 6.52. The lowest BCUT2D eigenvalue weighted by Gasteiger charge is -2.20. The van der Waals surface area contributed by atoms with Crippen LogP contribution in [-0.4, -0.2) is 40.4 Å². The van der Waals surface area contributed by atoms with Gasteiger partial charge < -0.3 is 14.2 Å². The van der Waals surface area contributed by atoms with Gasteiger partial charge in [-0.15, -0.1) is 0 Å². The summed E-state index contributed by atoms with van der Waals surface area (Å²) in [7, 11) is 0. The number of hydrogen-bond donors (Lipinski definition) is 0. The quantitative estimate of drug-likeness (QED) is 0.412. The topological polar surface area (TPSA) is 51.5 Å². The highest BCUT2D eigenvalue weighted by Gasteiger charge is 2.23. The molecule has 0 radical (unpaired) electrons. The van der Waals surface area contributed by atoms with Gasteiger partial charge in [0.25, 0.3) is 5.91 Å². The van der Waals surface area contributed by atoms with Gasteiger partial charge in [-0.1, -0.05) is 60.2 Å². The average Bonchev–Trinajstić information content (AvgIpc) is 3.55. The molecule has 34 heavy (non-hydrogen) atoms. The number of hydrogen-bond acceptors (Lipinski definition) is 3. The smallest absolute Gasteiger partial charge is 0.251 e. The molecule has 0 unspecified atom stereocenters. The molecule has 2 aromatic carbocycles. The highest BCUT2D eigenvalue weighted by molar-refractivity contribution is 6.08. The van der Waals surface area contributed by atoms with Crippen molar-refractivity contribution in [2.45, 2.75) is 45.9 Å². The molecular weight excluding hydrogens is 424 g/mol.